The minimum atomic E-state index is -1.18. The smallest absolute Gasteiger partial charge is 0.328 e. The van der Waals surface area contributed by atoms with Crippen molar-refractivity contribution in [2.45, 2.75) is 0 Å². The number of primary amides is 1. The first-order valence-electron chi connectivity index (χ1n) is 3.12. The van der Waals surface area contributed by atoms with Gasteiger partial charge < -0.3 is 21.7 Å². The first-order valence-corrected chi connectivity index (χ1v) is 3.12. The lowest BCUT2D eigenvalue weighted by atomic mass is 10.5. The van der Waals surface area contributed by atoms with Crippen LogP contribution in [0.25, 0.3) is 0 Å². The molecule has 0 radical (unpaired) electrons. The molecule has 6 N–H and O–H groups in total. The predicted octanol–water partition coefficient (Wildman–Crippen LogP) is 0.564. The second-order valence-electron chi connectivity index (χ2n) is 1.54. The Morgan fingerprint density at radius 1 is 1.21 bits per heavy atom. The third-order valence-corrected chi connectivity index (χ3v) is 0.583. The summed E-state index contributed by atoms with van der Waals surface area (Å²) in [7, 11) is 0. The van der Waals surface area contributed by atoms with Crippen molar-refractivity contribution in [1.82, 2.24) is 6.15 Å². The van der Waals surface area contributed by atoms with Gasteiger partial charge in [-0.3, -0.25) is 4.79 Å². The second-order valence-corrected chi connectivity index (χ2v) is 1.54. The van der Waals surface area contributed by atoms with Crippen LogP contribution in [0.4, 0.5) is 0 Å². The molecule has 0 fully saturated rings. The SMILES string of the molecule is C=COC=C.N.NC(=O)/C=C/C(=O)O. The monoisotopic (exact) mass is 202 g/mol. The van der Waals surface area contributed by atoms with Crippen molar-refractivity contribution < 1.29 is 19.4 Å². The molecule has 0 aromatic rings. The average molecular weight is 202 g/mol. The number of amides is 1. The average Bonchev–Trinajstić information content (AvgIpc) is 2.03. The molecule has 80 valence electrons. The zero-order chi connectivity index (χ0) is 10.7. The van der Waals surface area contributed by atoms with Crippen LogP contribution in [0.5, 0.6) is 0 Å². The van der Waals surface area contributed by atoms with Crippen LogP contribution in [0.3, 0.4) is 0 Å². The number of carbonyl (C=O) groups is 2. The zero-order valence-electron chi connectivity index (χ0n) is 7.68. The van der Waals surface area contributed by atoms with Crippen molar-refractivity contribution in [3.8, 4) is 0 Å². The number of carbonyl (C=O) groups excluding carboxylic acids is 1. The van der Waals surface area contributed by atoms with E-state index in [0.717, 1.165) is 6.08 Å². The molecule has 0 spiro atoms. The Kier molecular flexibility index (Phi) is 17.2. The molecule has 0 saturated heterocycles. The van der Waals surface area contributed by atoms with Crippen LogP contribution in [0, 0.1) is 0 Å². The molecule has 0 heterocycles. The van der Waals surface area contributed by atoms with Gasteiger partial charge in [0.1, 0.15) is 0 Å². The Morgan fingerprint density at radius 2 is 1.64 bits per heavy atom. The fraction of sp³-hybridized carbons (Fsp3) is 0. The number of carboxylic acids is 1. The summed E-state index contributed by atoms with van der Waals surface area (Å²) in [5.41, 5.74) is 4.55. The topological polar surface area (TPSA) is 125 Å². The number of hydrogen-bond donors (Lipinski definition) is 3. The van der Waals surface area contributed by atoms with Crippen molar-refractivity contribution >= 4 is 11.9 Å². The van der Waals surface area contributed by atoms with Gasteiger partial charge >= 0.3 is 5.97 Å². The van der Waals surface area contributed by atoms with E-state index in [1.807, 2.05) is 0 Å². The van der Waals surface area contributed by atoms with E-state index in [0.29, 0.717) is 6.08 Å². The molecule has 0 atom stereocenters. The highest BCUT2D eigenvalue weighted by molar-refractivity contribution is 5.92. The summed E-state index contributed by atoms with van der Waals surface area (Å²) < 4.78 is 4.36. The van der Waals surface area contributed by atoms with Gasteiger partial charge in [-0.05, 0) is 0 Å². The summed E-state index contributed by atoms with van der Waals surface area (Å²) >= 11 is 0. The molecule has 0 unspecified atom stereocenters. The van der Waals surface area contributed by atoms with E-state index in [4.69, 9.17) is 5.11 Å². The number of rotatable bonds is 4. The van der Waals surface area contributed by atoms with Crippen molar-refractivity contribution in [3.05, 3.63) is 37.8 Å². The molecule has 6 heteroatoms. The number of carboxylic acid groups (broad SMARTS) is 1. The van der Waals surface area contributed by atoms with E-state index in [1.54, 1.807) is 0 Å². The predicted molar refractivity (Wildman–Crippen MR) is 52.5 cm³/mol. The van der Waals surface area contributed by atoms with Crippen LogP contribution in [-0.2, 0) is 14.3 Å². The molecular weight excluding hydrogens is 188 g/mol. The number of ether oxygens (including phenoxy) is 1. The van der Waals surface area contributed by atoms with Crippen LogP contribution in [-0.4, -0.2) is 17.0 Å². The maximum atomic E-state index is 9.78. The lowest BCUT2D eigenvalue weighted by molar-refractivity contribution is -0.131. The fourth-order valence-corrected chi connectivity index (χ4v) is 0.221. The van der Waals surface area contributed by atoms with Crippen LogP contribution >= 0.6 is 0 Å². The normalized spacial score (nSPS) is 7.43. The van der Waals surface area contributed by atoms with Gasteiger partial charge in [0.15, 0.2) is 0 Å². The van der Waals surface area contributed by atoms with Crippen molar-refractivity contribution in [2.75, 3.05) is 0 Å². The summed E-state index contributed by atoms with van der Waals surface area (Å²) in [6, 6.07) is 0. The molecule has 0 aromatic carbocycles. The van der Waals surface area contributed by atoms with Gasteiger partial charge in [0.2, 0.25) is 5.91 Å². The molecule has 0 aliphatic heterocycles. The first kappa shape index (κ1) is 17.9. The Bertz CT molecular complexity index is 201. The largest absolute Gasteiger partial charge is 0.478 e. The molecule has 0 saturated carbocycles. The zero-order valence-corrected chi connectivity index (χ0v) is 7.68. The van der Waals surface area contributed by atoms with Gasteiger partial charge in [0, 0.05) is 12.2 Å². The van der Waals surface area contributed by atoms with E-state index in [9.17, 15) is 9.59 Å². The van der Waals surface area contributed by atoms with Crippen LogP contribution < -0.4 is 11.9 Å². The van der Waals surface area contributed by atoms with Crippen molar-refractivity contribution in [1.29, 1.82) is 0 Å². The molecule has 6 nitrogen and oxygen atoms in total. The molecule has 0 bridgehead atoms. The van der Waals surface area contributed by atoms with Gasteiger partial charge in [-0.1, -0.05) is 13.2 Å². The van der Waals surface area contributed by atoms with Crippen molar-refractivity contribution in [3.63, 3.8) is 0 Å². The van der Waals surface area contributed by atoms with Crippen LogP contribution in [0.1, 0.15) is 0 Å². The second kappa shape index (κ2) is 13.5. The summed E-state index contributed by atoms with van der Waals surface area (Å²) in [6.07, 6.45) is 4.09. The van der Waals surface area contributed by atoms with Gasteiger partial charge in [0.25, 0.3) is 0 Å². The molecule has 0 aliphatic rings. The lowest BCUT2D eigenvalue weighted by Gasteiger charge is -1.76. The van der Waals surface area contributed by atoms with Gasteiger partial charge in [-0.25, -0.2) is 4.79 Å². The van der Waals surface area contributed by atoms with Gasteiger partial charge in [0.05, 0.1) is 12.5 Å². The lowest BCUT2D eigenvalue weighted by Crippen LogP contribution is -2.06. The van der Waals surface area contributed by atoms with Crippen LogP contribution in [0.2, 0.25) is 0 Å². The molecule has 0 rings (SSSR count). The third-order valence-electron chi connectivity index (χ3n) is 0.583. The molecule has 14 heavy (non-hydrogen) atoms. The molecule has 1 amide bonds. The summed E-state index contributed by atoms with van der Waals surface area (Å²) in [5, 5.41) is 7.87. The minimum Gasteiger partial charge on any atom is -0.478 e. The van der Waals surface area contributed by atoms with E-state index < -0.39 is 11.9 Å². The van der Waals surface area contributed by atoms with E-state index in [2.05, 4.69) is 23.6 Å². The Balaban J connectivity index is -0.000000177. The summed E-state index contributed by atoms with van der Waals surface area (Å²) in [5.74, 6) is -1.93. The molecule has 0 aliphatic carbocycles. The van der Waals surface area contributed by atoms with Crippen molar-refractivity contribution in [2.24, 2.45) is 5.73 Å². The van der Waals surface area contributed by atoms with E-state index in [-0.39, 0.29) is 6.15 Å². The number of nitrogens with two attached hydrogens (primary N) is 1. The molecule has 0 aromatic heterocycles. The maximum absolute atomic E-state index is 9.78. The first-order chi connectivity index (χ1) is 6.04. The van der Waals surface area contributed by atoms with E-state index >= 15 is 0 Å². The minimum absolute atomic E-state index is 0. The fourth-order valence-electron chi connectivity index (χ4n) is 0.221. The Hall–Kier alpha value is -2.08. The maximum Gasteiger partial charge on any atom is 0.328 e. The molecular formula is C8H14N2O4. The van der Waals surface area contributed by atoms with Crippen LogP contribution in [0.15, 0.2) is 37.8 Å². The summed E-state index contributed by atoms with van der Waals surface area (Å²) in [6.45, 7) is 6.51. The standard InChI is InChI=1S/C4H5NO3.C4H6O.H3N/c5-3(6)1-2-4(7)8;1-3-5-4-2;/h1-2H,(H2,5,6)(H,7,8);3-4H,1-2H2;1H3/b2-1+;;. The van der Waals surface area contributed by atoms with Gasteiger partial charge in [-0.15, -0.1) is 0 Å². The van der Waals surface area contributed by atoms with E-state index in [1.165, 1.54) is 12.5 Å². The highest BCUT2D eigenvalue weighted by Crippen LogP contribution is 1.68. The Morgan fingerprint density at radius 3 is 1.71 bits per heavy atom. The number of hydrogen-bond acceptors (Lipinski definition) is 4. The highest BCUT2D eigenvalue weighted by Gasteiger charge is 1.86. The highest BCUT2D eigenvalue weighted by atomic mass is 16.5. The Labute approximate surface area is 81.9 Å². The quantitative estimate of drug-likeness (QED) is 0.453. The number of aliphatic carboxylic acids is 1. The third kappa shape index (κ3) is 32.6. The van der Waals surface area contributed by atoms with Gasteiger partial charge in [-0.2, -0.15) is 0 Å². The summed E-state index contributed by atoms with van der Waals surface area (Å²) in [4.78, 5) is 19.4.